The summed E-state index contributed by atoms with van der Waals surface area (Å²) in [7, 11) is 1.22. The van der Waals surface area contributed by atoms with Crippen molar-refractivity contribution in [2.75, 3.05) is 7.11 Å². The van der Waals surface area contributed by atoms with Crippen molar-refractivity contribution in [2.45, 2.75) is 32.1 Å². The second-order valence-electron chi connectivity index (χ2n) is 7.55. The number of nitrogens with zero attached hydrogens (tertiary/aromatic N) is 1. The Morgan fingerprint density at radius 3 is 2.10 bits per heavy atom. The topological polar surface area (TPSA) is 96.3 Å². The lowest BCUT2D eigenvalue weighted by molar-refractivity contribution is -0.147. The fraction of sp³-hybridized carbons (Fsp3) is 0.333. The van der Waals surface area contributed by atoms with Crippen LogP contribution in [0.3, 0.4) is 0 Å². The predicted octanol–water partition coefficient (Wildman–Crippen LogP) is 3.63. The molecule has 2 aromatic rings. The number of benzene rings is 2. The molecular formula is C24H26N2O4. The number of imide groups is 1. The normalized spacial score (nSPS) is 13.6. The first kappa shape index (κ1) is 22.8. The predicted molar refractivity (Wildman–Crippen MR) is 112 cm³/mol. The number of nitrogens with one attached hydrogen (secondary N) is 1. The number of nitriles is 1. The highest BCUT2D eigenvalue weighted by Crippen LogP contribution is 2.39. The first-order chi connectivity index (χ1) is 14.3. The van der Waals surface area contributed by atoms with E-state index in [1.165, 1.54) is 7.11 Å². The maximum Gasteiger partial charge on any atom is 0.331 e. The molecule has 1 N–H and O–H groups in total. The van der Waals surface area contributed by atoms with Gasteiger partial charge in [0.25, 0.3) is 5.91 Å². The molecule has 0 bridgehead atoms. The second kappa shape index (κ2) is 10.4. The van der Waals surface area contributed by atoms with Crippen molar-refractivity contribution in [1.29, 1.82) is 5.26 Å². The van der Waals surface area contributed by atoms with Crippen molar-refractivity contribution in [1.82, 2.24) is 5.32 Å². The summed E-state index contributed by atoms with van der Waals surface area (Å²) in [5, 5.41) is 12.5. The summed E-state index contributed by atoms with van der Waals surface area (Å²) in [5.74, 6) is -2.36. The minimum Gasteiger partial charge on any atom is -0.468 e. The Bertz CT molecular complexity index is 919. The van der Waals surface area contributed by atoms with Crippen LogP contribution in [-0.4, -0.2) is 24.9 Å². The second-order valence-corrected chi connectivity index (χ2v) is 7.55. The lowest BCUT2D eigenvalue weighted by atomic mass is 9.67. The van der Waals surface area contributed by atoms with Gasteiger partial charge in [-0.25, -0.2) is 4.79 Å². The number of esters is 1. The SMILES string of the molecule is COC(=O)[C@](C#N)(c1ccccc1)[C@H](CC(=O)NC(=O)c1ccccc1)CC(C)C. The minimum absolute atomic E-state index is 0.105. The largest absolute Gasteiger partial charge is 0.468 e. The van der Waals surface area contributed by atoms with Crippen LogP contribution in [0.5, 0.6) is 0 Å². The van der Waals surface area contributed by atoms with Crippen molar-refractivity contribution >= 4 is 17.8 Å². The van der Waals surface area contributed by atoms with Crippen LogP contribution in [0.15, 0.2) is 60.7 Å². The number of carbonyl (C=O) groups excluding carboxylic acids is 3. The number of hydrogen-bond donors (Lipinski definition) is 1. The first-order valence-electron chi connectivity index (χ1n) is 9.79. The molecule has 0 heterocycles. The van der Waals surface area contributed by atoms with Crippen LogP contribution >= 0.6 is 0 Å². The zero-order valence-corrected chi connectivity index (χ0v) is 17.4. The molecule has 2 atom stereocenters. The maximum absolute atomic E-state index is 12.9. The quantitative estimate of drug-likeness (QED) is 0.675. The van der Waals surface area contributed by atoms with Gasteiger partial charge in [0, 0.05) is 17.9 Å². The number of carbonyl (C=O) groups is 3. The molecule has 0 unspecified atom stereocenters. The van der Waals surface area contributed by atoms with Gasteiger partial charge in [0.05, 0.1) is 13.2 Å². The van der Waals surface area contributed by atoms with Crippen LogP contribution in [0.2, 0.25) is 0 Å². The van der Waals surface area contributed by atoms with E-state index in [2.05, 4.69) is 11.4 Å². The molecule has 6 nitrogen and oxygen atoms in total. The van der Waals surface area contributed by atoms with Crippen molar-refractivity contribution < 1.29 is 19.1 Å². The van der Waals surface area contributed by atoms with Gasteiger partial charge in [0.15, 0.2) is 5.41 Å². The summed E-state index contributed by atoms with van der Waals surface area (Å²) >= 11 is 0. The maximum atomic E-state index is 12.9. The number of rotatable bonds is 8. The number of ether oxygens (including phenoxy) is 1. The third-order valence-corrected chi connectivity index (χ3v) is 5.00. The van der Waals surface area contributed by atoms with Crippen LogP contribution < -0.4 is 5.32 Å². The van der Waals surface area contributed by atoms with Crippen molar-refractivity contribution in [2.24, 2.45) is 11.8 Å². The van der Waals surface area contributed by atoms with Crippen LogP contribution in [-0.2, 0) is 19.7 Å². The Balaban J connectivity index is 2.38. The van der Waals surface area contributed by atoms with Gasteiger partial charge in [-0.3, -0.25) is 14.9 Å². The van der Waals surface area contributed by atoms with Crippen molar-refractivity contribution in [3.63, 3.8) is 0 Å². The standard InChI is InChI=1S/C24H26N2O4/c1-17(2)14-20(15-21(27)26-22(28)18-10-6-4-7-11-18)24(16-25,23(29)30-3)19-12-8-5-9-13-19/h4-13,17,20H,14-15H2,1-3H3,(H,26,27,28)/t20-,24+/m0/s1. The van der Waals surface area contributed by atoms with Crippen LogP contribution in [0.25, 0.3) is 0 Å². The summed E-state index contributed by atoms with van der Waals surface area (Å²) in [5.41, 5.74) is -0.839. The molecule has 156 valence electrons. The Morgan fingerprint density at radius 2 is 1.60 bits per heavy atom. The Morgan fingerprint density at radius 1 is 1.03 bits per heavy atom. The molecule has 0 spiro atoms. The van der Waals surface area contributed by atoms with E-state index in [-0.39, 0.29) is 12.3 Å². The highest BCUT2D eigenvalue weighted by atomic mass is 16.5. The molecule has 0 saturated heterocycles. The Kier molecular flexibility index (Phi) is 7.88. The summed E-state index contributed by atoms with van der Waals surface area (Å²) in [6.45, 7) is 3.90. The average Bonchev–Trinajstić information content (AvgIpc) is 2.75. The molecule has 2 aromatic carbocycles. The molecule has 0 aliphatic rings. The van der Waals surface area contributed by atoms with Crippen LogP contribution in [0.4, 0.5) is 0 Å². The summed E-state index contributed by atoms with van der Waals surface area (Å²) in [4.78, 5) is 37.9. The molecule has 6 heteroatoms. The molecule has 0 aliphatic carbocycles. The van der Waals surface area contributed by atoms with Gasteiger partial charge < -0.3 is 4.74 Å². The molecule has 0 aliphatic heterocycles. The summed E-state index contributed by atoms with van der Waals surface area (Å²) in [6, 6.07) is 19.1. The van der Waals surface area contributed by atoms with E-state index in [0.717, 1.165) is 0 Å². The zero-order chi connectivity index (χ0) is 22.1. The molecule has 2 amide bonds. The van der Waals surface area contributed by atoms with Gasteiger partial charge >= 0.3 is 5.97 Å². The van der Waals surface area contributed by atoms with Crippen LogP contribution in [0, 0.1) is 23.2 Å². The van der Waals surface area contributed by atoms with E-state index in [1.807, 2.05) is 13.8 Å². The Hall–Kier alpha value is -3.46. The van der Waals surface area contributed by atoms with Gasteiger partial charge in [-0.05, 0) is 30.0 Å². The smallest absolute Gasteiger partial charge is 0.331 e. The highest BCUT2D eigenvalue weighted by Gasteiger charge is 2.49. The highest BCUT2D eigenvalue weighted by molar-refractivity contribution is 6.04. The lowest BCUT2D eigenvalue weighted by Crippen LogP contribution is -2.46. The molecule has 0 fully saturated rings. The molecule has 2 rings (SSSR count). The van der Waals surface area contributed by atoms with E-state index in [9.17, 15) is 19.6 Å². The van der Waals surface area contributed by atoms with Crippen molar-refractivity contribution in [3.8, 4) is 6.07 Å². The minimum atomic E-state index is -1.66. The van der Waals surface area contributed by atoms with Gasteiger partial charge in [-0.2, -0.15) is 5.26 Å². The number of methoxy groups -OCH3 is 1. The summed E-state index contributed by atoms with van der Waals surface area (Å²) in [6.07, 6.45) is 0.249. The molecule has 0 radical (unpaired) electrons. The third kappa shape index (κ3) is 5.12. The van der Waals surface area contributed by atoms with E-state index in [0.29, 0.717) is 17.5 Å². The molecular weight excluding hydrogens is 380 g/mol. The van der Waals surface area contributed by atoms with E-state index in [1.54, 1.807) is 60.7 Å². The van der Waals surface area contributed by atoms with E-state index in [4.69, 9.17) is 4.74 Å². The van der Waals surface area contributed by atoms with Gasteiger partial charge in [0.2, 0.25) is 5.91 Å². The molecule has 0 aromatic heterocycles. The third-order valence-electron chi connectivity index (χ3n) is 5.00. The fourth-order valence-corrected chi connectivity index (χ4v) is 3.63. The van der Waals surface area contributed by atoms with Crippen LogP contribution in [0.1, 0.15) is 42.6 Å². The van der Waals surface area contributed by atoms with Gasteiger partial charge in [-0.1, -0.05) is 62.4 Å². The van der Waals surface area contributed by atoms with Gasteiger partial charge in [0.1, 0.15) is 0 Å². The van der Waals surface area contributed by atoms with Gasteiger partial charge in [-0.15, -0.1) is 0 Å². The summed E-state index contributed by atoms with van der Waals surface area (Å²) < 4.78 is 5.00. The monoisotopic (exact) mass is 406 g/mol. The molecule has 30 heavy (non-hydrogen) atoms. The zero-order valence-electron chi connectivity index (χ0n) is 17.4. The Labute approximate surface area is 176 Å². The lowest BCUT2D eigenvalue weighted by Gasteiger charge is -2.33. The average molecular weight is 406 g/mol. The molecule has 0 saturated carbocycles. The van der Waals surface area contributed by atoms with Crippen molar-refractivity contribution in [3.05, 3.63) is 71.8 Å². The number of hydrogen-bond acceptors (Lipinski definition) is 5. The van der Waals surface area contributed by atoms with E-state index < -0.39 is 29.1 Å². The fourth-order valence-electron chi connectivity index (χ4n) is 3.63. The van der Waals surface area contributed by atoms with E-state index >= 15 is 0 Å². The number of amides is 2. The first-order valence-corrected chi connectivity index (χ1v) is 9.79.